The quantitative estimate of drug-likeness (QED) is 0.713. The molecule has 1 aliphatic rings. The van der Waals surface area contributed by atoms with Gasteiger partial charge in [-0.1, -0.05) is 0 Å². The molecule has 1 aliphatic heterocycles. The van der Waals surface area contributed by atoms with Crippen molar-refractivity contribution in [2.75, 3.05) is 12.4 Å². The van der Waals surface area contributed by atoms with E-state index in [9.17, 15) is 14.4 Å². The molecule has 2 aromatic heterocycles. The highest BCUT2D eigenvalue weighted by Crippen LogP contribution is 2.25. The zero-order valence-corrected chi connectivity index (χ0v) is 14.3. The summed E-state index contributed by atoms with van der Waals surface area (Å²) in [6, 6.07) is 6.29. The number of imide groups is 1. The molecule has 1 aromatic carbocycles. The van der Waals surface area contributed by atoms with Crippen molar-refractivity contribution in [1.29, 1.82) is 0 Å². The summed E-state index contributed by atoms with van der Waals surface area (Å²) in [7, 11) is 1.42. The fourth-order valence-electron chi connectivity index (χ4n) is 2.52. The lowest BCUT2D eigenvalue weighted by Crippen LogP contribution is -2.24. The third-order valence-corrected chi connectivity index (χ3v) is 4.68. The van der Waals surface area contributed by atoms with Crippen LogP contribution in [0.3, 0.4) is 0 Å². The number of rotatable bonds is 3. The minimum Gasteiger partial charge on any atom is -0.321 e. The van der Waals surface area contributed by atoms with E-state index in [1.54, 1.807) is 29.9 Å². The standard InChI is InChI=1S/C17H11N5O3S/c1-22-16(24)10-4-3-9(7-11(10)17(22)25)20-14(23)12-8-26-15(21-12)13-18-5-2-6-19-13/h2-8H,1H3,(H,20,23). The predicted octanol–water partition coefficient (Wildman–Crippen LogP) is 2.08. The summed E-state index contributed by atoms with van der Waals surface area (Å²) < 4.78 is 0. The third-order valence-electron chi connectivity index (χ3n) is 3.84. The van der Waals surface area contributed by atoms with E-state index >= 15 is 0 Å². The number of fused-ring (bicyclic) bond motifs is 1. The summed E-state index contributed by atoms with van der Waals surface area (Å²) in [5.74, 6) is -0.720. The van der Waals surface area contributed by atoms with Crippen molar-refractivity contribution in [3.05, 3.63) is 58.9 Å². The second kappa shape index (κ2) is 6.12. The lowest BCUT2D eigenvalue weighted by Gasteiger charge is -2.04. The van der Waals surface area contributed by atoms with Crippen LogP contribution in [0.25, 0.3) is 10.8 Å². The van der Waals surface area contributed by atoms with Crippen molar-refractivity contribution in [3.8, 4) is 10.8 Å². The molecule has 1 N–H and O–H groups in total. The molecule has 0 saturated carbocycles. The molecule has 4 rings (SSSR count). The smallest absolute Gasteiger partial charge is 0.275 e. The van der Waals surface area contributed by atoms with Gasteiger partial charge in [0.2, 0.25) is 0 Å². The molecule has 0 bridgehead atoms. The van der Waals surface area contributed by atoms with Crippen LogP contribution in [0.1, 0.15) is 31.2 Å². The zero-order valence-electron chi connectivity index (χ0n) is 13.5. The van der Waals surface area contributed by atoms with Gasteiger partial charge in [-0.25, -0.2) is 15.0 Å². The fourth-order valence-corrected chi connectivity index (χ4v) is 3.27. The Balaban J connectivity index is 1.56. The first-order valence-electron chi connectivity index (χ1n) is 7.55. The molecule has 0 unspecified atom stereocenters. The number of benzene rings is 1. The van der Waals surface area contributed by atoms with Gasteiger partial charge in [-0.3, -0.25) is 19.3 Å². The molecule has 8 nitrogen and oxygen atoms in total. The van der Waals surface area contributed by atoms with Crippen molar-refractivity contribution in [1.82, 2.24) is 19.9 Å². The molecule has 0 fully saturated rings. The predicted molar refractivity (Wildman–Crippen MR) is 94.0 cm³/mol. The van der Waals surface area contributed by atoms with Crippen molar-refractivity contribution >= 4 is 34.7 Å². The molecular weight excluding hydrogens is 354 g/mol. The van der Waals surface area contributed by atoms with E-state index in [4.69, 9.17) is 0 Å². The van der Waals surface area contributed by atoms with Crippen molar-refractivity contribution in [2.24, 2.45) is 0 Å². The summed E-state index contributed by atoms with van der Waals surface area (Å²) in [6.07, 6.45) is 3.20. The van der Waals surface area contributed by atoms with E-state index < -0.39 is 11.8 Å². The number of thiazole rings is 1. The van der Waals surface area contributed by atoms with E-state index in [0.29, 0.717) is 22.1 Å². The van der Waals surface area contributed by atoms with Gasteiger partial charge in [-0.05, 0) is 24.3 Å². The molecule has 3 amide bonds. The topological polar surface area (TPSA) is 105 Å². The first-order chi connectivity index (χ1) is 12.5. The molecule has 0 aliphatic carbocycles. The van der Waals surface area contributed by atoms with Gasteiger partial charge in [0.1, 0.15) is 5.69 Å². The number of amides is 3. The van der Waals surface area contributed by atoms with Gasteiger partial charge in [0.05, 0.1) is 11.1 Å². The monoisotopic (exact) mass is 365 g/mol. The summed E-state index contributed by atoms with van der Waals surface area (Å²) in [5, 5.41) is 4.83. The maximum atomic E-state index is 12.4. The van der Waals surface area contributed by atoms with Gasteiger partial charge in [0.25, 0.3) is 17.7 Å². The maximum absolute atomic E-state index is 12.4. The molecule has 0 saturated heterocycles. The molecule has 0 atom stereocenters. The first-order valence-corrected chi connectivity index (χ1v) is 8.43. The number of hydrogen-bond acceptors (Lipinski definition) is 7. The Morgan fingerprint density at radius 1 is 1.12 bits per heavy atom. The Kier molecular flexibility index (Phi) is 3.77. The van der Waals surface area contributed by atoms with Gasteiger partial charge in [0.15, 0.2) is 10.8 Å². The Bertz CT molecular complexity index is 1050. The molecular formula is C17H11N5O3S. The van der Waals surface area contributed by atoms with E-state index in [-0.39, 0.29) is 17.2 Å². The molecule has 9 heteroatoms. The molecule has 0 radical (unpaired) electrons. The average molecular weight is 365 g/mol. The van der Waals surface area contributed by atoms with Crippen LogP contribution in [0, 0.1) is 0 Å². The normalized spacial score (nSPS) is 13.0. The van der Waals surface area contributed by atoms with Gasteiger partial charge in [0, 0.05) is 30.5 Å². The maximum Gasteiger partial charge on any atom is 0.275 e. The number of hydrogen-bond donors (Lipinski definition) is 1. The summed E-state index contributed by atoms with van der Waals surface area (Å²) in [5.41, 5.74) is 1.23. The molecule has 3 heterocycles. The molecule has 128 valence electrons. The van der Waals surface area contributed by atoms with Crippen molar-refractivity contribution < 1.29 is 14.4 Å². The molecule has 3 aromatic rings. The second-order valence-corrected chi connectivity index (χ2v) is 6.35. The lowest BCUT2D eigenvalue weighted by atomic mass is 10.1. The number of nitrogens with zero attached hydrogens (tertiary/aromatic N) is 4. The Hall–Kier alpha value is -3.46. The van der Waals surface area contributed by atoms with Crippen LogP contribution in [0.15, 0.2) is 42.0 Å². The Labute approximate surface area is 151 Å². The molecule has 26 heavy (non-hydrogen) atoms. The molecule has 0 spiro atoms. The number of carbonyl (C=O) groups is 3. The number of anilines is 1. The summed E-state index contributed by atoms with van der Waals surface area (Å²) in [4.78, 5) is 49.8. The van der Waals surface area contributed by atoms with Crippen LogP contribution in [-0.2, 0) is 0 Å². The number of aromatic nitrogens is 3. The van der Waals surface area contributed by atoms with Crippen LogP contribution in [0.5, 0.6) is 0 Å². The lowest BCUT2D eigenvalue weighted by molar-refractivity contribution is 0.0692. The average Bonchev–Trinajstić information content (AvgIpc) is 3.24. The van der Waals surface area contributed by atoms with E-state index in [2.05, 4.69) is 20.3 Å². The van der Waals surface area contributed by atoms with Crippen molar-refractivity contribution in [2.45, 2.75) is 0 Å². The van der Waals surface area contributed by atoms with E-state index in [1.807, 2.05) is 0 Å². The van der Waals surface area contributed by atoms with Gasteiger partial charge < -0.3 is 5.32 Å². The van der Waals surface area contributed by atoms with Crippen LogP contribution in [-0.4, -0.2) is 44.6 Å². The first kappa shape index (κ1) is 16.0. The van der Waals surface area contributed by atoms with Crippen LogP contribution in [0.4, 0.5) is 5.69 Å². The van der Waals surface area contributed by atoms with Crippen LogP contribution >= 0.6 is 11.3 Å². The zero-order chi connectivity index (χ0) is 18.3. The highest BCUT2D eigenvalue weighted by atomic mass is 32.1. The highest BCUT2D eigenvalue weighted by molar-refractivity contribution is 7.13. The van der Waals surface area contributed by atoms with Crippen LogP contribution < -0.4 is 5.32 Å². The van der Waals surface area contributed by atoms with Gasteiger partial charge >= 0.3 is 0 Å². The Morgan fingerprint density at radius 3 is 2.62 bits per heavy atom. The van der Waals surface area contributed by atoms with E-state index in [0.717, 1.165) is 4.90 Å². The minimum absolute atomic E-state index is 0.220. The summed E-state index contributed by atoms with van der Waals surface area (Å²) in [6.45, 7) is 0. The number of carbonyl (C=O) groups excluding carboxylic acids is 3. The van der Waals surface area contributed by atoms with E-state index in [1.165, 1.54) is 30.5 Å². The SMILES string of the molecule is CN1C(=O)c2ccc(NC(=O)c3csc(-c4ncccn4)n3)cc2C1=O. The number of nitrogens with one attached hydrogen (secondary N) is 1. The second-order valence-electron chi connectivity index (χ2n) is 5.49. The van der Waals surface area contributed by atoms with Crippen molar-refractivity contribution in [3.63, 3.8) is 0 Å². The largest absolute Gasteiger partial charge is 0.321 e. The van der Waals surface area contributed by atoms with Gasteiger partial charge in [-0.2, -0.15) is 0 Å². The van der Waals surface area contributed by atoms with Crippen LogP contribution in [0.2, 0.25) is 0 Å². The summed E-state index contributed by atoms with van der Waals surface area (Å²) >= 11 is 1.26. The third kappa shape index (κ3) is 2.64. The Morgan fingerprint density at radius 2 is 1.85 bits per heavy atom. The highest BCUT2D eigenvalue weighted by Gasteiger charge is 2.32. The van der Waals surface area contributed by atoms with Gasteiger partial charge in [-0.15, -0.1) is 11.3 Å². The fraction of sp³-hybridized carbons (Fsp3) is 0.0588. The minimum atomic E-state index is -0.423.